The van der Waals surface area contributed by atoms with E-state index < -0.39 is 97.5 Å². The monoisotopic (exact) mass is 796 g/mol. The summed E-state index contributed by atoms with van der Waals surface area (Å²) in [5, 5.41) is 93.9. The van der Waals surface area contributed by atoms with E-state index in [-0.39, 0.29) is 46.5 Å². The van der Waals surface area contributed by atoms with Crippen LogP contribution in [0.5, 0.6) is 0 Å². The molecule has 9 N–H and O–H groups in total. The lowest BCUT2D eigenvalue weighted by Gasteiger charge is -2.73. The van der Waals surface area contributed by atoms with Gasteiger partial charge in [0.25, 0.3) is 0 Å². The molecular formula is C42H68O14. The van der Waals surface area contributed by atoms with Crippen molar-refractivity contribution in [2.75, 3.05) is 19.8 Å². The number of esters is 1. The Morgan fingerprint density at radius 3 is 1.88 bits per heavy atom. The molecule has 7 aliphatic rings. The maximum atomic E-state index is 14.6. The lowest BCUT2D eigenvalue weighted by atomic mass is 9.32. The maximum absolute atomic E-state index is 14.6. The van der Waals surface area contributed by atoms with Crippen molar-refractivity contribution in [2.24, 2.45) is 56.7 Å². The van der Waals surface area contributed by atoms with E-state index >= 15 is 0 Å². The van der Waals surface area contributed by atoms with Gasteiger partial charge >= 0.3 is 5.97 Å². The van der Waals surface area contributed by atoms with Crippen LogP contribution in [0.1, 0.15) is 98.8 Å². The van der Waals surface area contributed by atoms with E-state index in [4.69, 9.17) is 18.9 Å². The van der Waals surface area contributed by atoms with Crippen LogP contribution in [0, 0.1) is 56.7 Å². The number of fused-ring (bicyclic) bond motifs is 7. The number of rotatable bonds is 8. The Balaban J connectivity index is 1.15. The molecule has 0 amide bonds. The molecule has 2 heterocycles. The van der Waals surface area contributed by atoms with Gasteiger partial charge in [0.15, 0.2) is 6.29 Å². The third-order valence-electron chi connectivity index (χ3n) is 17.8. The average molecular weight is 797 g/mol. The summed E-state index contributed by atoms with van der Waals surface area (Å²) in [5.74, 6) is 0.0721. The molecule has 2 saturated heterocycles. The SMILES string of the molecule is C=C(C)[C@@H]1CC[C@]2(C(=O)O[C@@H]3O[C@H](CO)[C@@H](O)[C@H](O)[C@H]3O)CC[C@]3(C)[C@@H](CC[C@@H]4[C@@]5(C)CC[C@H](O[C@@H]6O[C@H](CO)[C@@H](O)[C@H](O)[C@H]6O)[C@@](C)(CO)[C@H]5CC[C@]43C)[C@@H]12. The second kappa shape index (κ2) is 15.0. The van der Waals surface area contributed by atoms with Crippen molar-refractivity contribution in [3.8, 4) is 0 Å². The molecule has 0 aromatic carbocycles. The number of allylic oxidation sites excluding steroid dienone is 1. The predicted molar refractivity (Wildman–Crippen MR) is 199 cm³/mol. The molecule has 56 heavy (non-hydrogen) atoms. The normalized spacial score (nSPS) is 55.6. The molecule has 2 aliphatic heterocycles. The van der Waals surface area contributed by atoms with Gasteiger partial charge in [-0.2, -0.15) is 0 Å². The number of carbonyl (C=O) groups excluding carboxylic acids is 1. The Labute approximate surface area is 330 Å². The number of ether oxygens (including phenoxy) is 4. The van der Waals surface area contributed by atoms with Crippen molar-refractivity contribution >= 4 is 5.97 Å². The van der Waals surface area contributed by atoms with Gasteiger partial charge in [0, 0.05) is 5.41 Å². The van der Waals surface area contributed by atoms with Crippen LogP contribution in [0.25, 0.3) is 0 Å². The largest absolute Gasteiger partial charge is 0.432 e. The Kier molecular flexibility index (Phi) is 11.5. The highest BCUT2D eigenvalue weighted by Gasteiger charge is 2.73. The molecule has 320 valence electrons. The highest BCUT2D eigenvalue weighted by atomic mass is 16.7. The average Bonchev–Trinajstić information content (AvgIpc) is 3.58. The third-order valence-corrected chi connectivity index (χ3v) is 17.8. The summed E-state index contributed by atoms with van der Waals surface area (Å²) >= 11 is 0. The fourth-order valence-corrected chi connectivity index (χ4v) is 14.5. The van der Waals surface area contributed by atoms with E-state index in [0.29, 0.717) is 25.2 Å². The number of aliphatic hydroxyl groups is 9. The Hall–Kier alpha value is -1.27. The summed E-state index contributed by atoms with van der Waals surface area (Å²) in [5.41, 5.74) is -0.977. The molecule has 21 atom stereocenters. The van der Waals surface area contributed by atoms with Crippen LogP contribution in [0.3, 0.4) is 0 Å². The second-order valence-corrected chi connectivity index (χ2v) is 20.0. The molecule has 0 radical (unpaired) electrons. The number of aliphatic hydroxyl groups excluding tert-OH is 9. The first-order valence-electron chi connectivity index (χ1n) is 21.0. The van der Waals surface area contributed by atoms with Gasteiger partial charge in [-0.15, -0.1) is 0 Å². The van der Waals surface area contributed by atoms with E-state index in [2.05, 4.69) is 27.4 Å². The zero-order valence-electron chi connectivity index (χ0n) is 33.7. The van der Waals surface area contributed by atoms with Gasteiger partial charge in [-0.05, 0) is 117 Å². The van der Waals surface area contributed by atoms with Crippen LogP contribution in [0.2, 0.25) is 0 Å². The van der Waals surface area contributed by atoms with Crippen molar-refractivity contribution < 1.29 is 69.7 Å². The summed E-state index contributed by atoms with van der Waals surface area (Å²) in [4.78, 5) is 14.6. The van der Waals surface area contributed by atoms with Crippen molar-refractivity contribution in [3.05, 3.63) is 12.2 Å². The maximum Gasteiger partial charge on any atom is 0.314 e. The van der Waals surface area contributed by atoms with Crippen LogP contribution in [0.4, 0.5) is 0 Å². The summed E-state index contributed by atoms with van der Waals surface area (Å²) in [6, 6.07) is 0. The molecule has 14 nitrogen and oxygen atoms in total. The lowest BCUT2D eigenvalue weighted by molar-refractivity contribution is -0.335. The van der Waals surface area contributed by atoms with Gasteiger partial charge in [0.2, 0.25) is 6.29 Å². The molecule has 5 saturated carbocycles. The molecule has 7 fully saturated rings. The van der Waals surface area contributed by atoms with Crippen molar-refractivity contribution in [1.82, 2.24) is 0 Å². The number of hydrogen-bond donors (Lipinski definition) is 9. The molecule has 5 aliphatic carbocycles. The summed E-state index contributed by atoms with van der Waals surface area (Å²) in [7, 11) is 0. The minimum absolute atomic E-state index is 0.0627. The van der Waals surface area contributed by atoms with E-state index in [1.807, 2.05) is 13.8 Å². The predicted octanol–water partition coefficient (Wildman–Crippen LogP) is 1.14. The zero-order valence-corrected chi connectivity index (χ0v) is 33.7. The Morgan fingerprint density at radius 2 is 1.29 bits per heavy atom. The molecule has 0 spiro atoms. The first-order chi connectivity index (χ1) is 26.3. The molecule has 0 unspecified atom stereocenters. The second-order valence-electron chi connectivity index (χ2n) is 20.0. The van der Waals surface area contributed by atoms with Crippen molar-refractivity contribution in [3.63, 3.8) is 0 Å². The van der Waals surface area contributed by atoms with E-state index in [9.17, 15) is 50.8 Å². The van der Waals surface area contributed by atoms with Gasteiger partial charge in [0.1, 0.15) is 48.8 Å². The number of carbonyl (C=O) groups is 1. The van der Waals surface area contributed by atoms with E-state index in [0.717, 1.165) is 50.5 Å². The van der Waals surface area contributed by atoms with Gasteiger partial charge < -0.3 is 64.9 Å². The van der Waals surface area contributed by atoms with Gasteiger partial charge in [-0.1, -0.05) is 39.8 Å². The molecule has 0 aromatic rings. The van der Waals surface area contributed by atoms with Crippen LogP contribution < -0.4 is 0 Å². The molecule has 0 aromatic heterocycles. The lowest BCUT2D eigenvalue weighted by Crippen LogP contribution is -2.68. The quantitative estimate of drug-likeness (QED) is 0.0953. The van der Waals surface area contributed by atoms with Crippen molar-refractivity contribution in [2.45, 2.75) is 166 Å². The van der Waals surface area contributed by atoms with Crippen LogP contribution >= 0.6 is 0 Å². The highest BCUT2D eigenvalue weighted by Crippen LogP contribution is 2.77. The first kappa shape index (κ1) is 42.8. The molecule has 14 heteroatoms. The van der Waals surface area contributed by atoms with Crippen LogP contribution in [0.15, 0.2) is 12.2 Å². The Morgan fingerprint density at radius 1 is 0.679 bits per heavy atom. The topological polar surface area (TPSA) is 236 Å². The van der Waals surface area contributed by atoms with Gasteiger partial charge in [-0.3, -0.25) is 4.79 Å². The number of hydrogen-bond acceptors (Lipinski definition) is 14. The van der Waals surface area contributed by atoms with Gasteiger partial charge in [0.05, 0.1) is 31.3 Å². The standard InChI is InChI=1S/C42H68O14/c1-20(2)21-9-14-42(37(52)56-36-34(51)32(49)30(47)24(18-44)54-36)16-15-40(5)22(28(21)42)7-8-26-38(3)12-11-27(39(4,19-45)25(38)10-13-41(26,40)6)55-35-33(50)31(48)29(46)23(17-43)53-35/h21-36,43-51H,1,7-19H2,2-6H3/t21-,22-,23+,24+,25-,26+,27-,28+,29+,30+,31-,32-,33+,34+,35-,36-,38-,39-,40+,41+,42-/m0/s1. The van der Waals surface area contributed by atoms with E-state index in [1.165, 1.54) is 0 Å². The zero-order chi connectivity index (χ0) is 40.9. The van der Waals surface area contributed by atoms with Crippen LogP contribution in [-0.4, -0.2) is 139 Å². The van der Waals surface area contributed by atoms with E-state index in [1.54, 1.807) is 0 Å². The smallest absolute Gasteiger partial charge is 0.314 e. The highest BCUT2D eigenvalue weighted by molar-refractivity contribution is 5.78. The molecule has 0 bridgehead atoms. The summed E-state index contributed by atoms with van der Waals surface area (Å²) < 4.78 is 23.8. The molecular weight excluding hydrogens is 728 g/mol. The summed E-state index contributed by atoms with van der Waals surface area (Å²) in [6.07, 6.45) is -7.37. The fourth-order valence-electron chi connectivity index (χ4n) is 14.5. The van der Waals surface area contributed by atoms with Gasteiger partial charge in [-0.25, -0.2) is 0 Å². The Bertz CT molecular complexity index is 1480. The third kappa shape index (κ3) is 6.05. The minimum atomic E-state index is -1.67. The molecule has 7 rings (SSSR count). The minimum Gasteiger partial charge on any atom is -0.432 e. The summed E-state index contributed by atoms with van der Waals surface area (Å²) in [6.45, 7) is 14.4. The van der Waals surface area contributed by atoms with Crippen LogP contribution in [-0.2, 0) is 23.7 Å². The van der Waals surface area contributed by atoms with Crippen molar-refractivity contribution in [1.29, 1.82) is 0 Å². The first-order valence-corrected chi connectivity index (χ1v) is 21.0. The fraction of sp³-hybridized carbons (Fsp3) is 0.929.